The van der Waals surface area contributed by atoms with Crippen molar-refractivity contribution < 1.29 is 4.79 Å². The van der Waals surface area contributed by atoms with E-state index in [0.29, 0.717) is 12.6 Å². The van der Waals surface area contributed by atoms with Crippen LogP contribution in [0.4, 0.5) is 0 Å². The zero-order valence-electron chi connectivity index (χ0n) is 5.39. The van der Waals surface area contributed by atoms with E-state index in [4.69, 9.17) is 0 Å². The molecule has 0 aliphatic heterocycles. The van der Waals surface area contributed by atoms with Crippen LogP contribution in [0, 0.1) is 0 Å². The fraction of sp³-hybridized carbons (Fsp3) is 0.833. The summed E-state index contributed by atoms with van der Waals surface area (Å²) in [7, 11) is 0. The van der Waals surface area contributed by atoms with Crippen LogP contribution in [-0.2, 0) is 4.79 Å². The Kier molecular flexibility index (Phi) is 2.67. The standard InChI is InChI=1S/C6H12N2O/c9-5-4-7-8-6-2-1-3-6/h5-8H,1-4H2. The van der Waals surface area contributed by atoms with E-state index in [1.54, 1.807) is 0 Å². The normalized spacial score (nSPS) is 19.1. The number of aldehydes is 1. The van der Waals surface area contributed by atoms with E-state index >= 15 is 0 Å². The molecule has 3 heteroatoms. The van der Waals surface area contributed by atoms with Crippen molar-refractivity contribution in [3.8, 4) is 0 Å². The van der Waals surface area contributed by atoms with E-state index in [2.05, 4.69) is 10.9 Å². The zero-order valence-corrected chi connectivity index (χ0v) is 5.39. The minimum absolute atomic E-state index is 0.413. The van der Waals surface area contributed by atoms with Gasteiger partial charge in [-0.05, 0) is 12.8 Å². The maximum absolute atomic E-state index is 9.79. The van der Waals surface area contributed by atoms with Crippen LogP contribution in [0.3, 0.4) is 0 Å². The molecule has 0 aromatic heterocycles. The number of hydrazine groups is 1. The SMILES string of the molecule is O=CCNNC1CCC1. The molecule has 3 nitrogen and oxygen atoms in total. The van der Waals surface area contributed by atoms with E-state index in [9.17, 15) is 4.79 Å². The molecule has 0 aromatic carbocycles. The third kappa shape index (κ3) is 2.11. The molecule has 2 N–H and O–H groups in total. The van der Waals surface area contributed by atoms with Crippen molar-refractivity contribution in [2.24, 2.45) is 0 Å². The van der Waals surface area contributed by atoms with Gasteiger partial charge in [0.2, 0.25) is 0 Å². The summed E-state index contributed by atoms with van der Waals surface area (Å²) in [6, 6.07) is 0.616. The van der Waals surface area contributed by atoms with Crippen molar-refractivity contribution >= 4 is 6.29 Å². The fourth-order valence-corrected chi connectivity index (χ4v) is 0.798. The molecule has 0 spiro atoms. The molecule has 0 bridgehead atoms. The first-order valence-corrected chi connectivity index (χ1v) is 3.35. The molecule has 0 aromatic rings. The monoisotopic (exact) mass is 128 g/mol. The highest BCUT2D eigenvalue weighted by molar-refractivity contribution is 5.51. The average molecular weight is 128 g/mol. The third-order valence-electron chi connectivity index (χ3n) is 1.60. The van der Waals surface area contributed by atoms with Gasteiger partial charge in [0.1, 0.15) is 6.29 Å². The third-order valence-corrected chi connectivity index (χ3v) is 1.60. The first-order chi connectivity index (χ1) is 4.43. The molecule has 0 radical (unpaired) electrons. The Balaban J connectivity index is 1.85. The van der Waals surface area contributed by atoms with Crippen molar-refractivity contribution in [2.75, 3.05) is 6.54 Å². The Hall–Kier alpha value is -0.410. The van der Waals surface area contributed by atoms with Gasteiger partial charge in [-0.1, -0.05) is 6.42 Å². The maximum Gasteiger partial charge on any atom is 0.135 e. The summed E-state index contributed by atoms with van der Waals surface area (Å²) < 4.78 is 0. The van der Waals surface area contributed by atoms with E-state index in [1.807, 2.05) is 0 Å². The van der Waals surface area contributed by atoms with Gasteiger partial charge in [0.05, 0.1) is 6.54 Å². The van der Waals surface area contributed by atoms with Crippen molar-refractivity contribution in [1.82, 2.24) is 10.9 Å². The first kappa shape index (κ1) is 6.71. The molecular weight excluding hydrogens is 116 g/mol. The highest BCUT2D eigenvalue weighted by Crippen LogP contribution is 2.16. The molecule has 0 heterocycles. The smallest absolute Gasteiger partial charge is 0.135 e. The Labute approximate surface area is 54.8 Å². The summed E-state index contributed by atoms with van der Waals surface area (Å²) in [6.45, 7) is 0.413. The summed E-state index contributed by atoms with van der Waals surface area (Å²) in [5.74, 6) is 0. The fourth-order valence-electron chi connectivity index (χ4n) is 0.798. The Bertz CT molecular complexity index is 91.1. The van der Waals surface area contributed by atoms with Gasteiger partial charge in [-0.3, -0.25) is 10.9 Å². The molecule has 1 aliphatic carbocycles. The minimum atomic E-state index is 0.413. The van der Waals surface area contributed by atoms with Gasteiger partial charge in [0, 0.05) is 6.04 Å². The van der Waals surface area contributed by atoms with E-state index in [-0.39, 0.29) is 0 Å². The highest BCUT2D eigenvalue weighted by Gasteiger charge is 2.15. The van der Waals surface area contributed by atoms with Crippen LogP contribution in [-0.4, -0.2) is 18.9 Å². The van der Waals surface area contributed by atoms with Crippen LogP contribution < -0.4 is 10.9 Å². The molecule has 1 rings (SSSR count). The lowest BCUT2D eigenvalue weighted by atomic mass is 9.94. The van der Waals surface area contributed by atoms with Gasteiger partial charge in [-0.15, -0.1) is 0 Å². The van der Waals surface area contributed by atoms with Crippen LogP contribution >= 0.6 is 0 Å². The van der Waals surface area contributed by atoms with Crippen LogP contribution in [0.15, 0.2) is 0 Å². The Morgan fingerprint density at radius 3 is 2.78 bits per heavy atom. The average Bonchev–Trinajstić information content (AvgIpc) is 1.76. The number of hydrogen-bond acceptors (Lipinski definition) is 3. The van der Waals surface area contributed by atoms with Crippen molar-refractivity contribution in [3.63, 3.8) is 0 Å². The van der Waals surface area contributed by atoms with Gasteiger partial charge in [-0.2, -0.15) is 0 Å². The molecule has 0 atom stereocenters. The molecule has 1 fully saturated rings. The zero-order chi connectivity index (χ0) is 6.53. The summed E-state index contributed by atoms with van der Waals surface area (Å²) in [5, 5.41) is 0. The Morgan fingerprint density at radius 2 is 2.33 bits per heavy atom. The molecule has 0 saturated heterocycles. The van der Waals surface area contributed by atoms with E-state index in [1.165, 1.54) is 19.3 Å². The molecular formula is C6H12N2O. The maximum atomic E-state index is 9.79. The molecule has 52 valence electrons. The lowest BCUT2D eigenvalue weighted by Crippen LogP contribution is -2.45. The second-order valence-corrected chi connectivity index (χ2v) is 2.32. The highest BCUT2D eigenvalue weighted by atomic mass is 16.1. The summed E-state index contributed by atoms with van der Waals surface area (Å²) >= 11 is 0. The Morgan fingerprint density at radius 1 is 1.56 bits per heavy atom. The van der Waals surface area contributed by atoms with Crippen molar-refractivity contribution in [1.29, 1.82) is 0 Å². The lowest BCUT2D eigenvalue weighted by molar-refractivity contribution is -0.107. The number of carbonyl (C=O) groups excluding carboxylic acids is 1. The van der Waals surface area contributed by atoms with Crippen LogP contribution in [0.1, 0.15) is 19.3 Å². The molecule has 1 aliphatic rings. The second kappa shape index (κ2) is 3.58. The largest absolute Gasteiger partial charge is 0.302 e. The quantitative estimate of drug-likeness (QED) is 0.314. The van der Waals surface area contributed by atoms with Gasteiger partial charge in [0.25, 0.3) is 0 Å². The summed E-state index contributed by atoms with van der Waals surface area (Å²) in [6.07, 6.45) is 4.66. The number of hydrogen-bond donors (Lipinski definition) is 2. The minimum Gasteiger partial charge on any atom is -0.302 e. The lowest BCUT2D eigenvalue weighted by Gasteiger charge is -2.26. The predicted molar refractivity (Wildman–Crippen MR) is 34.8 cm³/mol. The first-order valence-electron chi connectivity index (χ1n) is 3.35. The van der Waals surface area contributed by atoms with E-state index in [0.717, 1.165) is 6.29 Å². The van der Waals surface area contributed by atoms with Crippen LogP contribution in [0.5, 0.6) is 0 Å². The van der Waals surface area contributed by atoms with Gasteiger partial charge in [0.15, 0.2) is 0 Å². The predicted octanol–water partition coefficient (Wildman–Crippen LogP) is -0.168. The molecule has 1 saturated carbocycles. The van der Waals surface area contributed by atoms with E-state index < -0.39 is 0 Å². The van der Waals surface area contributed by atoms with Crippen LogP contribution in [0.2, 0.25) is 0 Å². The van der Waals surface area contributed by atoms with Gasteiger partial charge in [-0.25, -0.2) is 0 Å². The topological polar surface area (TPSA) is 41.1 Å². The molecule has 0 amide bonds. The van der Waals surface area contributed by atoms with Crippen molar-refractivity contribution in [2.45, 2.75) is 25.3 Å². The van der Waals surface area contributed by atoms with Gasteiger partial charge < -0.3 is 4.79 Å². The van der Waals surface area contributed by atoms with Gasteiger partial charge >= 0.3 is 0 Å². The van der Waals surface area contributed by atoms with Crippen molar-refractivity contribution in [3.05, 3.63) is 0 Å². The summed E-state index contributed by atoms with van der Waals surface area (Å²) in [5.41, 5.74) is 5.86. The summed E-state index contributed by atoms with van der Waals surface area (Å²) in [4.78, 5) is 9.79. The number of carbonyl (C=O) groups is 1. The molecule has 0 unspecified atom stereocenters. The second-order valence-electron chi connectivity index (χ2n) is 2.32. The van der Waals surface area contributed by atoms with Crippen LogP contribution in [0.25, 0.3) is 0 Å². The number of nitrogens with one attached hydrogen (secondary N) is 2. The number of rotatable bonds is 4. The molecule has 9 heavy (non-hydrogen) atoms.